The van der Waals surface area contributed by atoms with Gasteiger partial charge in [0, 0.05) is 5.22 Å². The molecule has 1 heteroatoms. The predicted molar refractivity (Wildman–Crippen MR) is 43.0 cm³/mol. The van der Waals surface area contributed by atoms with E-state index >= 15 is 0 Å². The van der Waals surface area contributed by atoms with Crippen molar-refractivity contribution < 1.29 is 4.42 Å². The first-order valence-corrected chi connectivity index (χ1v) is 4.13. The Balaban J connectivity index is 2.31. The third-order valence-electron chi connectivity index (χ3n) is 2.96. The first-order valence-electron chi connectivity index (χ1n) is 4.13. The molecule has 0 saturated heterocycles. The molecule has 3 rings (SSSR count). The van der Waals surface area contributed by atoms with E-state index < -0.39 is 0 Å². The second kappa shape index (κ2) is 1.60. The van der Waals surface area contributed by atoms with Crippen LogP contribution in [-0.4, -0.2) is 0 Å². The maximum Gasteiger partial charge on any atom is 0.129 e. The van der Waals surface area contributed by atoms with E-state index in [1.807, 2.05) is 6.07 Å². The Labute approximate surface area is 65.0 Å². The van der Waals surface area contributed by atoms with E-state index in [0.29, 0.717) is 0 Å². The molecule has 0 amide bonds. The molecule has 0 spiro atoms. The SMILES string of the molecule is CC1C2C=c3ccoc3=CC12. The van der Waals surface area contributed by atoms with Gasteiger partial charge in [-0.25, -0.2) is 0 Å². The van der Waals surface area contributed by atoms with E-state index in [-0.39, 0.29) is 0 Å². The summed E-state index contributed by atoms with van der Waals surface area (Å²) in [6, 6.07) is 2.05. The number of rotatable bonds is 0. The molecule has 3 atom stereocenters. The molecule has 2 aliphatic carbocycles. The average molecular weight is 146 g/mol. The molecular formula is C10H10O. The van der Waals surface area contributed by atoms with Crippen LogP contribution in [0.1, 0.15) is 6.92 Å². The van der Waals surface area contributed by atoms with Crippen molar-refractivity contribution in [3.05, 3.63) is 23.0 Å². The first kappa shape index (κ1) is 5.64. The van der Waals surface area contributed by atoms with E-state index in [9.17, 15) is 0 Å². The molecule has 1 aromatic heterocycles. The molecule has 1 heterocycles. The summed E-state index contributed by atoms with van der Waals surface area (Å²) in [5.74, 6) is 2.42. The topological polar surface area (TPSA) is 13.1 Å². The van der Waals surface area contributed by atoms with Gasteiger partial charge >= 0.3 is 0 Å². The quantitative estimate of drug-likeness (QED) is 0.526. The van der Waals surface area contributed by atoms with E-state index in [0.717, 1.165) is 23.2 Å². The summed E-state index contributed by atoms with van der Waals surface area (Å²) >= 11 is 0. The molecule has 0 aliphatic heterocycles. The van der Waals surface area contributed by atoms with Crippen LogP contribution in [0.5, 0.6) is 0 Å². The number of hydrogen-bond acceptors (Lipinski definition) is 1. The fourth-order valence-electron chi connectivity index (χ4n) is 2.04. The Morgan fingerprint density at radius 1 is 1.27 bits per heavy atom. The van der Waals surface area contributed by atoms with Gasteiger partial charge in [-0.05, 0) is 29.9 Å². The molecule has 0 aromatic carbocycles. The second-order valence-electron chi connectivity index (χ2n) is 3.59. The van der Waals surface area contributed by atoms with Gasteiger partial charge in [0.2, 0.25) is 0 Å². The predicted octanol–water partition coefficient (Wildman–Crippen LogP) is 0.736. The van der Waals surface area contributed by atoms with E-state index in [2.05, 4.69) is 19.1 Å². The Kier molecular flexibility index (Phi) is 0.823. The van der Waals surface area contributed by atoms with Crippen molar-refractivity contribution >= 4 is 12.2 Å². The minimum absolute atomic E-state index is 0.772. The van der Waals surface area contributed by atoms with Gasteiger partial charge in [-0.15, -0.1) is 0 Å². The number of furan rings is 1. The van der Waals surface area contributed by atoms with Gasteiger partial charge in [0.05, 0.1) is 6.26 Å². The Morgan fingerprint density at radius 3 is 3.00 bits per heavy atom. The highest BCUT2D eigenvalue weighted by atomic mass is 16.3. The second-order valence-corrected chi connectivity index (χ2v) is 3.59. The van der Waals surface area contributed by atoms with Crippen molar-refractivity contribution in [1.82, 2.24) is 0 Å². The van der Waals surface area contributed by atoms with Crippen LogP contribution in [0.2, 0.25) is 0 Å². The van der Waals surface area contributed by atoms with Gasteiger partial charge in [-0.2, -0.15) is 0 Å². The summed E-state index contributed by atoms with van der Waals surface area (Å²) in [6.07, 6.45) is 6.38. The zero-order valence-corrected chi connectivity index (χ0v) is 6.45. The van der Waals surface area contributed by atoms with Crippen molar-refractivity contribution in [1.29, 1.82) is 0 Å². The monoisotopic (exact) mass is 146 g/mol. The lowest BCUT2D eigenvalue weighted by atomic mass is 10.2. The number of fused-ring (bicyclic) bond motifs is 2. The Hall–Kier alpha value is -0.980. The smallest absolute Gasteiger partial charge is 0.129 e. The third kappa shape index (κ3) is 0.609. The van der Waals surface area contributed by atoms with Gasteiger partial charge in [-0.3, -0.25) is 0 Å². The maximum absolute atomic E-state index is 5.31. The molecule has 1 nitrogen and oxygen atoms in total. The summed E-state index contributed by atoms with van der Waals surface area (Å²) in [4.78, 5) is 0. The largest absolute Gasteiger partial charge is 0.465 e. The first-order chi connectivity index (χ1) is 5.36. The lowest BCUT2D eigenvalue weighted by molar-refractivity contribution is 0.527. The van der Waals surface area contributed by atoms with Crippen LogP contribution in [0.25, 0.3) is 12.2 Å². The average Bonchev–Trinajstić information content (AvgIpc) is 2.50. The highest BCUT2D eigenvalue weighted by molar-refractivity contribution is 5.48. The van der Waals surface area contributed by atoms with Gasteiger partial charge < -0.3 is 4.42 Å². The molecule has 11 heavy (non-hydrogen) atoms. The van der Waals surface area contributed by atoms with Gasteiger partial charge in [0.25, 0.3) is 0 Å². The van der Waals surface area contributed by atoms with Crippen LogP contribution in [0.4, 0.5) is 0 Å². The molecule has 0 N–H and O–H groups in total. The van der Waals surface area contributed by atoms with E-state index in [1.54, 1.807) is 6.26 Å². The van der Waals surface area contributed by atoms with Crippen LogP contribution < -0.4 is 10.6 Å². The van der Waals surface area contributed by atoms with Crippen molar-refractivity contribution in [2.45, 2.75) is 6.92 Å². The van der Waals surface area contributed by atoms with Gasteiger partial charge in [-0.1, -0.05) is 13.0 Å². The van der Waals surface area contributed by atoms with Gasteiger partial charge in [0.1, 0.15) is 5.42 Å². The molecule has 2 aliphatic rings. The normalized spacial score (nSPS) is 38.1. The molecule has 56 valence electrons. The van der Waals surface area contributed by atoms with E-state index in [4.69, 9.17) is 4.42 Å². The van der Waals surface area contributed by atoms with E-state index in [1.165, 1.54) is 5.22 Å². The fourth-order valence-corrected chi connectivity index (χ4v) is 2.04. The van der Waals surface area contributed by atoms with Crippen molar-refractivity contribution in [3.8, 4) is 0 Å². The molecule has 1 saturated carbocycles. The highest BCUT2D eigenvalue weighted by Crippen LogP contribution is 2.48. The minimum atomic E-state index is 0.772. The molecule has 1 fully saturated rings. The van der Waals surface area contributed by atoms with Crippen molar-refractivity contribution in [2.75, 3.05) is 0 Å². The summed E-state index contributed by atoms with van der Waals surface area (Å²) in [7, 11) is 0. The minimum Gasteiger partial charge on any atom is -0.465 e. The molecule has 0 bridgehead atoms. The van der Waals surface area contributed by atoms with Crippen LogP contribution in [-0.2, 0) is 0 Å². The highest BCUT2D eigenvalue weighted by Gasteiger charge is 2.44. The zero-order valence-electron chi connectivity index (χ0n) is 6.45. The lowest BCUT2D eigenvalue weighted by Gasteiger charge is -1.89. The zero-order chi connectivity index (χ0) is 7.42. The summed E-state index contributed by atoms with van der Waals surface area (Å²) in [6.45, 7) is 2.30. The van der Waals surface area contributed by atoms with Crippen LogP contribution >= 0.6 is 0 Å². The van der Waals surface area contributed by atoms with Crippen LogP contribution in [0.3, 0.4) is 0 Å². The van der Waals surface area contributed by atoms with Crippen molar-refractivity contribution in [2.24, 2.45) is 17.8 Å². The summed E-state index contributed by atoms with van der Waals surface area (Å²) in [5.41, 5.74) is 1.08. The molecule has 3 unspecified atom stereocenters. The maximum atomic E-state index is 5.31. The van der Waals surface area contributed by atoms with Crippen molar-refractivity contribution in [3.63, 3.8) is 0 Å². The lowest BCUT2D eigenvalue weighted by Crippen LogP contribution is -2.22. The van der Waals surface area contributed by atoms with Gasteiger partial charge in [0.15, 0.2) is 0 Å². The molecule has 0 radical (unpaired) electrons. The molecular weight excluding hydrogens is 136 g/mol. The van der Waals surface area contributed by atoms with Crippen LogP contribution in [0.15, 0.2) is 16.7 Å². The Morgan fingerprint density at radius 2 is 2.09 bits per heavy atom. The van der Waals surface area contributed by atoms with Crippen LogP contribution in [0, 0.1) is 17.8 Å². The number of hydrogen-bond donors (Lipinski definition) is 0. The summed E-state index contributed by atoms with van der Waals surface area (Å²) < 4.78 is 5.31. The summed E-state index contributed by atoms with van der Waals surface area (Å²) in [5, 5.41) is 1.29. The standard InChI is InChI=1S/C10H10O/c1-6-8-4-7-2-3-11-10(7)5-9(6)8/h2-6,8-9H,1H3. The Bertz CT molecular complexity index is 362. The third-order valence-corrected chi connectivity index (χ3v) is 2.96. The fraction of sp³-hybridized carbons (Fsp3) is 0.400. The molecule has 1 aromatic rings.